The number of amides is 1. The van der Waals surface area contributed by atoms with Crippen molar-refractivity contribution in [3.63, 3.8) is 0 Å². The van der Waals surface area contributed by atoms with Crippen molar-refractivity contribution in [3.8, 4) is 0 Å². The second-order valence-electron chi connectivity index (χ2n) is 11.0. The number of hydrogen-bond donors (Lipinski definition) is 1. The van der Waals surface area contributed by atoms with Gasteiger partial charge in [-0.3, -0.25) is 9.36 Å². The fraction of sp³-hybridized carbons (Fsp3) is 0.219. The molecule has 4 aromatic rings. The van der Waals surface area contributed by atoms with Crippen LogP contribution in [-0.4, -0.2) is 35.6 Å². The molecule has 0 saturated carbocycles. The fourth-order valence-electron chi connectivity index (χ4n) is 5.25. The first-order valence-corrected chi connectivity index (χ1v) is 16.4. The maximum absolute atomic E-state index is 15.3. The highest BCUT2D eigenvalue weighted by Gasteiger charge is 2.50. The number of rotatable bonds is 8. The van der Waals surface area contributed by atoms with E-state index in [-0.39, 0.29) is 17.2 Å². The Labute approximate surface area is 248 Å². The van der Waals surface area contributed by atoms with Gasteiger partial charge in [-0.15, -0.1) is 11.8 Å². The Morgan fingerprint density at radius 3 is 2.05 bits per heavy atom. The Kier molecular flexibility index (Phi) is 8.58. The molecule has 1 aliphatic rings. The van der Waals surface area contributed by atoms with E-state index in [1.165, 1.54) is 6.08 Å². The van der Waals surface area contributed by atoms with Gasteiger partial charge in [0.25, 0.3) is 14.2 Å². The van der Waals surface area contributed by atoms with Gasteiger partial charge in [-0.25, -0.2) is 13.6 Å². The van der Waals surface area contributed by atoms with Crippen molar-refractivity contribution in [2.75, 3.05) is 11.9 Å². The molecule has 0 unspecified atom stereocenters. The van der Waals surface area contributed by atoms with Crippen molar-refractivity contribution < 1.29 is 18.0 Å². The molecule has 216 valence electrons. The van der Waals surface area contributed by atoms with Crippen molar-refractivity contribution in [3.05, 3.63) is 131 Å². The molecular formula is C32H31F2N3O3SSi. The monoisotopic (exact) mass is 603 g/mol. The first-order chi connectivity index (χ1) is 20.1. The third kappa shape index (κ3) is 5.88. The van der Waals surface area contributed by atoms with E-state index in [1.54, 1.807) is 30.3 Å². The first-order valence-electron chi connectivity index (χ1n) is 13.5. The second-order valence-corrected chi connectivity index (χ2v) is 16.6. The Morgan fingerprint density at radius 1 is 0.952 bits per heavy atom. The average molecular weight is 604 g/mol. The van der Waals surface area contributed by atoms with Gasteiger partial charge in [-0.1, -0.05) is 99.6 Å². The third-order valence-corrected chi connectivity index (χ3v) is 13.5. The Balaban J connectivity index is 1.37. The minimum absolute atomic E-state index is 0.192. The molecule has 0 radical (unpaired) electrons. The lowest BCUT2D eigenvalue weighted by Crippen LogP contribution is -2.67. The molecule has 6 nitrogen and oxygen atoms in total. The summed E-state index contributed by atoms with van der Waals surface area (Å²) < 4.78 is 38.1. The van der Waals surface area contributed by atoms with Crippen molar-refractivity contribution in [2.45, 2.75) is 36.4 Å². The van der Waals surface area contributed by atoms with Gasteiger partial charge in [-0.05, 0) is 33.6 Å². The van der Waals surface area contributed by atoms with E-state index in [9.17, 15) is 14.0 Å². The normalized spacial score (nSPS) is 17.1. The molecule has 3 aromatic carbocycles. The Hall–Kier alpha value is -3.86. The summed E-state index contributed by atoms with van der Waals surface area (Å²) in [5.74, 6) is -2.65. The molecule has 1 amide bonds. The van der Waals surface area contributed by atoms with Gasteiger partial charge >= 0.3 is 5.69 Å². The SMILES string of the molecule is CC(C)(C)[Si](OC[C@@H]1C=C(F)[C@H](n2cc(F)c(NC(=O)c3ccccc3)nc2=O)S1)(c1ccccc1)c1ccccc1. The number of benzene rings is 3. The van der Waals surface area contributed by atoms with Crippen LogP contribution in [0.5, 0.6) is 0 Å². The zero-order valence-electron chi connectivity index (χ0n) is 23.5. The average Bonchev–Trinajstić information content (AvgIpc) is 3.35. The van der Waals surface area contributed by atoms with Gasteiger partial charge in [0, 0.05) is 5.56 Å². The molecule has 1 aliphatic heterocycles. The van der Waals surface area contributed by atoms with Crippen LogP contribution in [0.3, 0.4) is 0 Å². The van der Waals surface area contributed by atoms with Crippen LogP contribution < -0.4 is 21.4 Å². The lowest BCUT2D eigenvalue weighted by atomic mass is 10.2. The van der Waals surface area contributed by atoms with Crippen LogP contribution in [-0.2, 0) is 4.43 Å². The van der Waals surface area contributed by atoms with Gasteiger partial charge < -0.3 is 9.74 Å². The predicted molar refractivity (Wildman–Crippen MR) is 166 cm³/mol. The zero-order chi connectivity index (χ0) is 29.9. The van der Waals surface area contributed by atoms with Gasteiger partial charge in [0.2, 0.25) is 0 Å². The number of carbonyl (C=O) groups excluding carboxylic acids is 1. The molecule has 0 spiro atoms. The quantitative estimate of drug-likeness (QED) is 0.263. The van der Waals surface area contributed by atoms with E-state index in [0.29, 0.717) is 0 Å². The third-order valence-electron chi connectivity index (χ3n) is 7.19. The molecule has 2 atom stereocenters. The standard InChI is InChI=1S/C32H31F2N3O3SSi/c1-32(2,3)42(24-15-9-5-10-16-24,25-17-11-6-12-18-25)40-21-23-19-26(33)30(41-23)37-20-27(34)28(36-31(37)39)35-29(38)22-13-7-4-8-14-22/h4-20,23,30H,21H2,1-3H3,(H,35,36,38,39)/t23-,30+/m0/s1. The number of nitrogens with zero attached hydrogens (tertiary/aromatic N) is 2. The van der Waals surface area contributed by atoms with E-state index in [4.69, 9.17) is 4.43 Å². The van der Waals surface area contributed by atoms with Gasteiger partial charge in [-0.2, -0.15) is 4.98 Å². The van der Waals surface area contributed by atoms with Crippen molar-refractivity contribution in [1.29, 1.82) is 0 Å². The highest BCUT2D eigenvalue weighted by molar-refractivity contribution is 8.00. The summed E-state index contributed by atoms with van der Waals surface area (Å²) in [6.07, 6.45) is 2.30. The molecule has 0 bridgehead atoms. The van der Waals surface area contributed by atoms with Gasteiger partial charge in [0.1, 0.15) is 11.2 Å². The summed E-state index contributed by atoms with van der Waals surface area (Å²) in [6, 6.07) is 28.4. The maximum Gasteiger partial charge on any atom is 0.351 e. The summed E-state index contributed by atoms with van der Waals surface area (Å²) in [4.78, 5) is 29.0. The minimum Gasteiger partial charge on any atom is -0.406 e. The molecule has 5 rings (SSSR count). The Morgan fingerprint density at radius 2 is 1.50 bits per heavy atom. The van der Waals surface area contributed by atoms with Gasteiger partial charge in [0.05, 0.1) is 18.1 Å². The molecule has 1 N–H and O–H groups in total. The predicted octanol–water partition coefficient (Wildman–Crippen LogP) is 5.68. The van der Waals surface area contributed by atoms with Crippen molar-refractivity contribution in [1.82, 2.24) is 9.55 Å². The molecule has 1 aromatic heterocycles. The first kappa shape index (κ1) is 29.6. The van der Waals surface area contributed by atoms with E-state index in [1.807, 2.05) is 36.4 Å². The summed E-state index contributed by atoms with van der Waals surface area (Å²) in [5.41, 5.74) is -0.596. The van der Waals surface area contributed by atoms with Crippen LogP contribution in [0.4, 0.5) is 14.6 Å². The molecule has 10 heteroatoms. The molecule has 0 fully saturated rings. The Bertz CT molecular complexity index is 1610. The number of carbonyl (C=O) groups is 1. The number of aromatic nitrogens is 2. The van der Waals surface area contributed by atoms with Crippen molar-refractivity contribution >= 4 is 42.2 Å². The van der Waals surface area contributed by atoms with E-state index < -0.39 is 48.0 Å². The number of nitrogens with one attached hydrogen (secondary N) is 1. The molecule has 0 aliphatic carbocycles. The fourth-order valence-corrected chi connectivity index (χ4v) is 11.1. The lowest BCUT2D eigenvalue weighted by Gasteiger charge is -2.43. The molecule has 0 saturated heterocycles. The number of hydrogen-bond acceptors (Lipinski definition) is 5. The number of anilines is 1. The van der Waals surface area contributed by atoms with E-state index in [2.05, 4.69) is 55.3 Å². The highest BCUT2D eigenvalue weighted by atomic mass is 32.2. The largest absolute Gasteiger partial charge is 0.406 e. The number of thioether (sulfide) groups is 1. The zero-order valence-corrected chi connectivity index (χ0v) is 25.3. The minimum atomic E-state index is -2.86. The summed E-state index contributed by atoms with van der Waals surface area (Å²) in [7, 11) is -2.86. The summed E-state index contributed by atoms with van der Waals surface area (Å²) >= 11 is 1.15. The van der Waals surface area contributed by atoms with Crippen LogP contribution in [0.1, 0.15) is 36.5 Å². The lowest BCUT2D eigenvalue weighted by molar-refractivity contribution is 0.102. The highest BCUT2D eigenvalue weighted by Crippen LogP contribution is 2.43. The van der Waals surface area contributed by atoms with E-state index >= 15 is 4.39 Å². The molecule has 2 heterocycles. The second kappa shape index (κ2) is 12.2. The van der Waals surface area contributed by atoms with Crippen LogP contribution in [0.15, 0.2) is 114 Å². The van der Waals surface area contributed by atoms with E-state index in [0.717, 1.165) is 32.9 Å². The molecular weight excluding hydrogens is 573 g/mol. The smallest absolute Gasteiger partial charge is 0.351 e. The van der Waals surface area contributed by atoms with Crippen LogP contribution >= 0.6 is 11.8 Å². The maximum atomic E-state index is 15.3. The van der Waals surface area contributed by atoms with Crippen LogP contribution in [0.2, 0.25) is 5.04 Å². The topological polar surface area (TPSA) is 73.2 Å². The van der Waals surface area contributed by atoms with Crippen LogP contribution in [0, 0.1) is 5.82 Å². The summed E-state index contributed by atoms with van der Waals surface area (Å²) in [6.45, 7) is 6.67. The number of halogens is 2. The van der Waals surface area contributed by atoms with Crippen molar-refractivity contribution in [2.24, 2.45) is 0 Å². The molecule has 42 heavy (non-hydrogen) atoms. The van der Waals surface area contributed by atoms with Gasteiger partial charge in [0.15, 0.2) is 11.6 Å². The summed E-state index contributed by atoms with van der Waals surface area (Å²) in [5, 5.41) is 2.73. The van der Waals surface area contributed by atoms with Crippen LogP contribution in [0.25, 0.3) is 0 Å².